The summed E-state index contributed by atoms with van der Waals surface area (Å²) in [5.74, 6) is 3.80. The lowest BCUT2D eigenvalue weighted by Crippen LogP contribution is -2.54. The van der Waals surface area contributed by atoms with Gasteiger partial charge in [0.25, 0.3) is 0 Å². The first-order chi connectivity index (χ1) is 11.6. The minimum atomic E-state index is -1.43. The minimum Gasteiger partial charge on any atom is -0.415 e. The largest absolute Gasteiger partial charge is 0.415 e. The summed E-state index contributed by atoms with van der Waals surface area (Å²) in [6, 6.07) is 0. The standard InChI is InChI=1S/C22H38O2Si/c1-21-12-10-16(24-25(3,4)5)14-15(21)6-7-17-18-8-9-20(23)22(18,2)13-11-19(17)21/h15-19H,6-14H2,1-5H3/t15-,16+,17+,18+,19+,21+,22+/m1/s1. The van der Waals surface area contributed by atoms with Crippen LogP contribution >= 0.6 is 0 Å². The lowest BCUT2D eigenvalue weighted by Gasteiger charge is -2.60. The average molecular weight is 363 g/mol. The second kappa shape index (κ2) is 5.92. The Kier molecular flexibility index (Phi) is 4.32. The van der Waals surface area contributed by atoms with Crippen LogP contribution in [-0.4, -0.2) is 20.2 Å². The van der Waals surface area contributed by atoms with Gasteiger partial charge >= 0.3 is 0 Å². The maximum Gasteiger partial charge on any atom is 0.184 e. The van der Waals surface area contributed by atoms with Gasteiger partial charge in [0, 0.05) is 17.9 Å². The van der Waals surface area contributed by atoms with E-state index in [4.69, 9.17) is 4.43 Å². The Hall–Kier alpha value is -0.153. The van der Waals surface area contributed by atoms with Crippen LogP contribution in [0, 0.1) is 34.5 Å². The van der Waals surface area contributed by atoms with Gasteiger partial charge in [-0.2, -0.15) is 0 Å². The summed E-state index contributed by atoms with van der Waals surface area (Å²) < 4.78 is 6.50. The molecule has 0 heterocycles. The van der Waals surface area contributed by atoms with Crippen molar-refractivity contribution in [3.05, 3.63) is 0 Å². The molecule has 4 aliphatic rings. The van der Waals surface area contributed by atoms with E-state index in [1.54, 1.807) is 0 Å². The molecule has 0 aromatic rings. The third kappa shape index (κ3) is 2.88. The zero-order chi connectivity index (χ0) is 18.0. The fourth-order valence-corrected chi connectivity index (χ4v) is 8.81. The number of Topliss-reactive ketones (excluding diaryl/α,β-unsaturated/α-hetero) is 1. The van der Waals surface area contributed by atoms with E-state index in [-0.39, 0.29) is 5.41 Å². The lowest BCUT2D eigenvalue weighted by molar-refractivity contribution is -0.141. The predicted molar refractivity (Wildman–Crippen MR) is 105 cm³/mol. The van der Waals surface area contributed by atoms with Crippen molar-refractivity contribution in [3.8, 4) is 0 Å². The molecule has 4 rings (SSSR count). The van der Waals surface area contributed by atoms with Crippen molar-refractivity contribution in [3.63, 3.8) is 0 Å². The van der Waals surface area contributed by atoms with Crippen LogP contribution in [0.2, 0.25) is 19.6 Å². The van der Waals surface area contributed by atoms with Crippen molar-refractivity contribution in [1.29, 1.82) is 0 Å². The van der Waals surface area contributed by atoms with E-state index >= 15 is 0 Å². The molecule has 0 saturated heterocycles. The monoisotopic (exact) mass is 362 g/mol. The predicted octanol–water partition coefficient (Wildman–Crippen LogP) is 5.82. The number of ketones is 1. The Morgan fingerprint density at radius 2 is 1.72 bits per heavy atom. The van der Waals surface area contributed by atoms with Crippen LogP contribution in [0.4, 0.5) is 0 Å². The molecule has 142 valence electrons. The fourth-order valence-electron chi connectivity index (χ4n) is 7.60. The highest BCUT2D eigenvalue weighted by atomic mass is 28.4. The second-order valence-electron chi connectivity index (χ2n) is 11.2. The van der Waals surface area contributed by atoms with Gasteiger partial charge in [-0.1, -0.05) is 13.8 Å². The van der Waals surface area contributed by atoms with Gasteiger partial charge in [0.05, 0.1) is 0 Å². The van der Waals surface area contributed by atoms with Gasteiger partial charge in [-0.05, 0) is 100 Å². The van der Waals surface area contributed by atoms with Crippen molar-refractivity contribution >= 4 is 14.1 Å². The molecule has 3 heteroatoms. The number of carbonyl (C=O) groups excluding carboxylic acids is 1. The van der Waals surface area contributed by atoms with Crippen LogP contribution in [0.25, 0.3) is 0 Å². The number of hydrogen-bond acceptors (Lipinski definition) is 2. The van der Waals surface area contributed by atoms with Crippen LogP contribution in [0.15, 0.2) is 0 Å². The normalized spacial score (nSPS) is 50.1. The zero-order valence-corrected chi connectivity index (χ0v) is 18.1. The van der Waals surface area contributed by atoms with Gasteiger partial charge in [-0.15, -0.1) is 0 Å². The van der Waals surface area contributed by atoms with Gasteiger partial charge in [-0.25, -0.2) is 0 Å². The third-order valence-electron chi connectivity index (χ3n) is 8.85. The Bertz CT molecular complexity index is 553. The molecule has 0 aromatic carbocycles. The van der Waals surface area contributed by atoms with E-state index < -0.39 is 8.32 Å². The highest BCUT2D eigenvalue weighted by Gasteiger charge is 2.60. The molecule has 0 bridgehead atoms. The molecule has 0 amide bonds. The van der Waals surface area contributed by atoms with E-state index in [9.17, 15) is 4.79 Å². The Labute approximate surface area is 155 Å². The van der Waals surface area contributed by atoms with E-state index in [0.29, 0.717) is 23.2 Å². The van der Waals surface area contributed by atoms with Gasteiger partial charge in [0.2, 0.25) is 0 Å². The molecule has 4 aliphatic carbocycles. The Morgan fingerprint density at radius 1 is 0.960 bits per heavy atom. The molecule has 4 saturated carbocycles. The summed E-state index contributed by atoms with van der Waals surface area (Å²) in [5, 5.41) is 0. The summed E-state index contributed by atoms with van der Waals surface area (Å²) in [6.45, 7) is 11.9. The number of rotatable bonds is 2. The summed E-state index contributed by atoms with van der Waals surface area (Å²) >= 11 is 0. The van der Waals surface area contributed by atoms with E-state index in [1.165, 1.54) is 44.9 Å². The summed E-state index contributed by atoms with van der Waals surface area (Å²) in [6.07, 6.45) is 11.7. The molecule has 0 aromatic heterocycles. The topological polar surface area (TPSA) is 26.3 Å². The Morgan fingerprint density at radius 3 is 2.44 bits per heavy atom. The number of carbonyl (C=O) groups is 1. The van der Waals surface area contributed by atoms with Crippen LogP contribution in [0.3, 0.4) is 0 Å². The molecule has 0 N–H and O–H groups in total. The SMILES string of the molecule is C[C@]12CC[C@H](O[Si](C)(C)C)C[C@H]1CC[C@@H]1[C@@H]2CC[C@]2(C)C(=O)CC[C@@H]12. The van der Waals surface area contributed by atoms with Gasteiger partial charge in [-0.3, -0.25) is 4.79 Å². The molecule has 0 aliphatic heterocycles. The van der Waals surface area contributed by atoms with Crippen LogP contribution < -0.4 is 0 Å². The van der Waals surface area contributed by atoms with Gasteiger partial charge in [0.15, 0.2) is 8.32 Å². The first kappa shape index (κ1) is 18.2. The molecular formula is C22H38O2Si. The highest BCUT2D eigenvalue weighted by molar-refractivity contribution is 6.69. The van der Waals surface area contributed by atoms with Crippen LogP contribution in [0.1, 0.15) is 71.6 Å². The summed E-state index contributed by atoms with van der Waals surface area (Å²) in [7, 11) is -1.43. The van der Waals surface area contributed by atoms with Crippen molar-refractivity contribution < 1.29 is 9.22 Å². The zero-order valence-electron chi connectivity index (χ0n) is 17.1. The Balaban J connectivity index is 1.52. The third-order valence-corrected chi connectivity index (χ3v) is 9.89. The smallest absolute Gasteiger partial charge is 0.184 e. The first-order valence-electron chi connectivity index (χ1n) is 10.8. The van der Waals surface area contributed by atoms with Crippen molar-refractivity contribution in [2.24, 2.45) is 34.5 Å². The molecule has 0 radical (unpaired) electrons. The maximum atomic E-state index is 12.5. The van der Waals surface area contributed by atoms with E-state index in [1.807, 2.05) is 0 Å². The summed E-state index contributed by atoms with van der Waals surface area (Å²) in [5.41, 5.74) is 0.539. The van der Waals surface area contributed by atoms with Crippen molar-refractivity contribution in [1.82, 2.24) is 0 Å². The van der Waals surface area contributed by atoms with Crippen LogP contribution in [-0.2, 0) is 9.22 Å². The lowest BCUT2D eigenvalue weighted by atomic mass is 9.45. The summed E-state index contributed by atoms with van der Waals surface area (Å²) in [4.78, 5) is 12.5. The number of fused-ring (bicyclic) bond motifs is 5. The van der Waals surface area contributed by atoms with Crippen molar-refractivity contribution in [2.75, 3.05) is 0 Å². The molecule has 0 unspecified atom stereocenters. The van der Waals surface area contributed by atoms with E-state index in [2.05, 4.69) is 33.5 Å². The second-order valence-corrected chi connectivity index (χ2v) is 15.7. The van der Waals surface area contributed by atoms with Gasteiger partial charge in [0.1, 0.15) is 5.78 Å². The van der Waals surface area contributed by atoms with Crippen molar-refractivity contribution in [2.45, 2.75) is 97.4 Å². The molecule has 7 atom stereocenters. The van der Waals surface area contributed by atoms with Gasteiger partial charge < -0.3 is 4.43 Å². The molecule has 0 spiro atoms. The molecular weight excluding hydrogens is 324 g/mol. The fraction of sp³-hybridized carbons (Fsp3) is 0.955. The maximum absolute atomic E-state index is 12.5. The first-order valence-corrected chi connectivity index (χ1v) is 14.3. The molecule has 4 fully saturated rings. The minimum absolute atomic E-state index is 0.0303. The number of hydrogen-bond donors (Lipinski definition) is 0. The molecule has 2 nitrogen and oxygen atoms in total. The quantitative estimate of drug-likeness (QED) is 0.579. The average Bonchev–Trinajstić information content (AvgIpc) is 2.82. The van der Waals surface area contributed by atoms with E-state index in [0.717, 1.165) is 30.6 Å². The molecule has 25 heavy (non-hydrogen) atoms. The highest BCUT2D eigenvalue weighted by Crippen LogP contribution is 2.65. The van der Waals surface area contributed by atoms with Crippen LogP contribution in [0.5, 0.6) is 0 Å².